The molecule has 2 aromatic rings. The van der Waals surface area contributed by atoms with Crippen molar-refractivity contribution in [3.05, 3.63) is 51.0 Å². The highest BCUT2D eigenvalue weighted by Gasteiger charge is 2.07. The first-order chi connectivity index (χ1) is 9.10. The van der Waals surface area contributed by atoms with Crippen molar-refractivity contribution in [1.82, 2.24) is 10.3 Å². The summed E-state index contributed by atoms with van der Waals surface area (Å²) in [5.41, 5.74) is 3.88. The molecule has 1 aromatic carbocycles. The predicted molar refractivity (Wildman–Crippen MR) is 82.7 cm³/mol. The van der Waals surface area contributed by atoms with Gasteiger partial charge in [0.2, 0.25) is 0 Å². The molecule has 1 N–H and O–H groups in total. The summed E-state index contributed by atoms with van der Waals surface area (Å²) in [6.45, 7) is 9.43. The Morgan fingerprint density at radius 1 is 1.21 bits per heavy atom. The summed E-state index contributed by atoms with van der Waals surface area (Å²) in [6, 6.07) is 9.22. The SMILES string of the molecule is CCc1ccc(C(C)NCc2nc(C)c(C)s2)cc1. The molecule has 1 atom stereocenters. The summed E-state index contributed by atoms with van der Waals surface area (Å²) in [4.78, 5) is 5.88. The second kappa shape index (κ2) is 6.31. The van der Waals surface area contributed by atoms with Crippen LogP contribution in [0, 0.1) is 13.8 Å². The third kappa shape index (κ3) is 3.64. The zero-order valence-electron chi connectivity index (χ0n) is 12.2. The molecule has 3 heteroatoms. The molecule has 102 valence electrons. The fraction of sp³-hybridized carbons (Fsp3) is 0.438. The Morgan fingerprint density at radius 2 is 1.89 bits per heavy atom. The molecule has 0 aliphatic rings. The fourth-order valence-corrected chi connectivity index (χ4v) is 2.90. The minimum absolute atomic E-state index is 0.357. The molecule has 1 aromatic heterocycles. The van der Waals surface area contributed by atoms with Crippen LogP contribution in [0.5, 0.6) is 0 Å². The van der Waals surface area contributed by atoms with Gasteiger partial charge in [-0.15, -0.1) is 11.3 Å². The highest BCUT2D eigenvalue weighted by molar-refractivity contribution is 7.11. The van der Waals surface area contributed by atoms with Gasteiger partial charge in [0.15, 0.2) is 0 Å². The maximum Gasteiger partial charge on any atom is 0.107 e. The molecule has 1 unspecified atom stereocenters. The van der Waals surface area contributed by atoms with Gasteiger partial charge >= 0.3 is 0 Å². The summed E-state index contributed by atoms with van der Waals surface area (Å²) >= 11 is 1.78. The van der Waals surface area contributed by atoms with Crippen LogP contribution in [0.25, 0.3) is 0 Å². The van der Waals surface area contributed by atoms with Crippen LogP contribution in [0.1, 0.15) is 46.6 Å². The average Bonchev–Trinajstić information content (AvgIpc) is 2.75. The van der Waals surface area contributed by atoms with Crippen LogP contribution in [0.4, 0.5) is 0 Å². The number of aromatic nitrogens is 1. The molecule has 2 nitrogen and oxygen atoms in total. The predicted octanol–water partition coefficient (Wildman–Crippen LogP) is 4.17. The second-order valence-electron chi connectivity index (χ2n) is 4.95. The largest absolute Gasteiger partial charge is 0.304 e. The zero-order valence-corrected chi connectivity index (χ0v) is 13.0. The molecule has 0 bridgehead atoms. The minimum Gasteiger partial charge on any atom is -0.304 e. The smallest absolute Gasteiger partial charge is 0.107 e. The number of aryl methyl sites for hydroxylation is 3. The zero-order chi connectivity index (χ0) is 13.8. The van der Waals surface area contributed by atoms with Crippen molar-refractivity contribution in [1.29, 1.82) is 0 Å². The number of benzene rings is 1. The Morgan fingerprint density at radius 3 is 2.42 bits per heavy atom. The molecule has 19 heavy (non-hydrogen) atoms. The van der Waals surface area contributed by atoms with E-state index in [-0.39, 0.29) is 0 Å². The summed E-state index contributed by atoms with van der Waals surface area (Å²) in [5, 5.41) is 4.71. The summed E-state index contributed by atoms with van der Waals surface area (Å²) in [5.74, 6) is 0. The molecule has 0 saturated heterocycles. The van der Waals surface area contributed by atoms with Crippen LogP contribution < -0.4 is 5.32 Å². The van der Waals surface area contributed by atoms with Gasteiger partial charge in [-0.25, -0.2) is 4.98 Å². The van der Waals surface area contributed by atoms with E-state index in [1.54, 1.807) is 11.3 Å². The van der Waals surface area contributed by atoms with E-state index in [0.29, 0.717) is 6.04 Å². The molecule has 0 saturated carbocycles. The Balaban J connectivity index is 1.94. The summed E-state index contributed by atoms with van der Waals surface area (Å²) in [7, 11) is 0. The third-order valence-corrected chi connectivity index (χ3v) is 4.59. The quantitative estimate of drug-likeness (QED) is 0.885. The Labute approximate surface area is 119 Å². The second-order valence-corrected chi connectivity index (χ2v) is 6.23. The van der Waals surface area contributed by atoms with Crippen LogP contribution in [0.2, 0.25) is 0 Å². The Hall–Kier alpha value is -1.19. The van der Waals surface area contributed by atoms with Gasteiger partial charge in [-0.2, -0.15) is 0 Å². The molecular formula is C16H22N2S. The molecule has 1 heterocycles. The molecule has 2 rings (SSSR count). The highest BCUT2D eigenvalue weighted by atomic mass is 32.1. The van der Waals surface area contributed by atoms with Crippen molar-refractivity contribution in [2.75, 3.05) is 0 Å². The standard InChI is InChI=1S/C16H22N2S/c1-5-14-6-8-15(9-7-14)12(3)17-10-16-18-11(2)13(4)19-16/h6-9,12,17H,5,10H2,1-4H3. The van der Waals surface area contributed by atoms with Crippen molar-refractivity contribution < 1.29 is 0 Å². The lowest BCUT2D eigenvalue weighted by atomic mass is 10.1. The molecule has 0 aliphatic carbocycles. The maximum absolute atomic E-state index is 4.56. The third-order valence-electron chi connectivity index (χ3n) is 3.52. The first-order valence-corrected chi connectivity index (χ1v) is 7.67. The number of rotatable bonds is 5. The number of hydrogen-bond donors (Lipinski definition) is 1. The van der Waals surface area contributed by atoms with Gasteiger partial charge in [-0.1, -0.05) is 31.2 Å². The highest BCUT2D eigenvalue weighted by Crippen LogP contribution is 2.18. The van der Waals surface area contributed by atoms with Crippen LogP contribution >= 0.6 is 11.3 Å². The summed E-state index contributed by atoms with van der Waals surface area (Å²) < 4.78 is 0. The lowest BCUT2D eigenvalue weighted by Crippen LogP contribution is -2.17. The normalized spacial score (nSPS) is 12.6. The van der Waals surface area contributed by atoms with Crippen LogP contribution in [-0.4, -0.2) is 4.98 Å². The van der Waals surface area contributed by atoms with Gasteiger partial charge < -0.3 is 5.32 Å². The fourth-order valence-electron chi connectivity index (χ4n) is 2.02. The molecule has 0 fully saturated rings. The average molecular weight is 274 g/mol. The van der Waals surface area contributed by atoms with E-state index < -0.39 is 0 Å². The Bertz CT molecular complexity index is 509. The lowest BCUT2D eigenvalue weighted by molar-refractivity contribution is 0.572. The van der Waals surface area contributed by atoms with E-state index in [1.807, 2.05) is 0 Å². The molecule has 0 spiro atoms. The molecule has 0 aliphatic heterocycles. The van der Waals surface area contributed by atoms with E-state index in [0.717, 1.165) is 18.7 Å². The molecule has 0 amide bonds. The number of thiazole rings is 1. The topological polar surface area (TPSA) is 24.9 Å². The van der Waals surface area contributed by atoms with Gasteiger partial charge in [0.05, 0.1) is 5.69 Å². The van der Waals surface area contributed by atoms with E-state index in [1.165, 1.54) is 21.0 Å². The number of nitrogens with zero attached hydrogens (tertiary/aromatic N) is 1. The monoisotopic (exact) mass is 274 g/mol. The van der Waals surface area contributed by atoms with Gasteiger partial charge in [-0.05, 0) is 38.3 Å². The van der Waals surface area contributed by atoms with Crippen molar-refractivity contribution in [2.24, 2.45) is 0 Å². The lowest BCUT2D eigenvalue weighted by Gasteiger charge is -2.13. The first kappa shape index (κ1) is 14.2. The van der Waals surface area contributed by atoms with Gasteiger partial charge in [-0.3, -0.25) is 0 Å². The van der Waals surface area contributed by atoms with E-state index in [4.69, 9.17) is 0 Å². The van der Waals surface area contributed by atoms with E-state index in [9.17, 15) is 0 Å². The van der Waals surface area contributed by atoms with Crippen LogP contribution in [0.3, 0.4) is 0 Å². The minimum atomic E-state index is 0.357. The maximum atomic E-state index is 4.56. The van der Waals surface area contributed by atoms with Crippen molar-refractivity contribution in [3.8, 4) is 0 Å². The molecular weight excluding hydrogens is 252 g/mol. The van der Waals surface area contributed by atoms with Crippen LogP contribution in [-0.2, 0) is 13.0 Å². The number of hydrogen-bond acceptors (Lipinski definition) is 3. The van der Waals surface area contributed by atoms with Gasteiger partial charge in [0.25, 0.3) is 0 Å². The van der Waals surface area contributed by atoms with Crippen molar-refractivity contribution in [2.45, 2.75) is 46.7 Å². The first-order valence-electron chi connectivity index (χ1n) is 6.85. The van der Waals surface area contributed by atoms with Crippen LogP contribution in [0.15, 0.2) is 24.3 Å². The van der Waals surface area contributed by atoms with Gasteiger partial charge in [0, 0.05) is 17.5 Å². The summed E-state index contributed by atoms with van der Waals surface area (Å²) in [6.07, 6.45) is 1.10. The van der Waals surface area contributed by atoms with Gasteiger partial charge in [0.1, 0.15) is 5.01 Å². The Kier molecular flexibility index (Phi) is 4.72. The van der Waals surface area contributed by atoms with E-state index >= 15 is 0 Å². The van der Waals surface area contributed by atoms with Crippen molar-refractivity contribution >= 4 is 11.3 Å². The van der Waals surface area contributed by atoms with E-state index in [2.05, 4.69) is 62.3 Å². The molecule has 0 radical (unpaired) electrons. The number of nitrogens with one attached hydrogen (secondary N) is 1. The van der Waals surface area contributed by atoms with Crippen molar-refractivity contribution in [3.63, 3.8) is 0 Å².